The van der Waals surface area contributed by atoms with E-state index >= 15 is 0 Å². The van der Waals surface area contributed by atoms with E-state index in [1.54, 1.807) is 25.1 Å². The number of halogens is 2. The Morgan fingerprint density at radius 3 is 2.30 bits per heavy atom. The van der Waals surface area contributed by atoms with Gasteiger partial charge in [-0.2, -0.15) is 0 Å². The predicted octanol–water partition coefficient (Wildman–Crippen LogP) is 5.96. The van der Waals surface area contributed by atoms with Gasteiger partial charge in [-0.1, -0.05) is 99.5 Å². The van der Waals surface area contributed by atoms with E-state index in [0.29, 0.717) is 11.3 Å². The van der Waals surface area contributed by atoms with Crippen molar-refractivity contribution in [2.75, 3.05) is 13.7 Å². The number of ether oxygens (including phenoxy) is 3. The Bertz CT molecular complexity index is 1400. The van der Waals surface area contributed by atoms with Crippen LogP contribution in [0.5, 0.6) is 5.75 Å². The van der Waals surface area contributed by atoms with Crippen LogP contribution in [0, 0.1) is 17.8 Å². The quantitative estimate of drug-likeness (QED) is 0.332. The van der Waals surface area contributed by atoms with Gasteiger partial charge in [0.15, 0.2) is 11.9 Å². The van der Waals surface area contributed by atoms with Crippen molar-refractivity contribution in [2.24, 2.45) is 17.8 Å². The molecule has 0 spiro atoms. The molecule has 0 aliphatic carbocycles. The van der Waals surface area contributed by atoms with Gasteiger partial charge < -0.3 is 24.8 Å². The monoisotopic (exact) mass is 672 g/mol. The van der Waals surface area contributed by atoms with Crippen LogP contribution in [0.3, 0.4) is 0 Å². The molecule has 9 nitrogen and oxygen atoms in total. The summed E-state index contributed by atoms with van der Waals surface area (Å²) in [5.74, 6) is -3.08. The molecule has 2 N–H and O–H groups in total. The summed E-state index contributed by atoms with van der Waals surface area (Å²) >= 11 is 12.6. The molecule has 2 amide bonds. The Balaban J connectivity index is 1.91. The molecule has 0 saturated carbocycles. The molecule has 11 heteroatoms. The van der Waals surface area contributed by atoms with Crippen LogP contribution < -0.4 is 15.4 Å². The molecule has 0 saturated heterocycles. The highest BCUT2D eigenvalue weighted by Gasteiger charge is 2.32. The maximum Gasteiger partial charge on any atom is 0.347 e. The summed E-state index contributed by atoms with van der Waals surface area (Å²) in [6.45, 7) is 7.23. The lowest BCUT2D eigenvalue weighted by atomic mass is 9.99. The first-order valence-electron chi connectivity index (χ1n) is 15.3. The van der Waals surface area contributed by atoms with Gasteiger partial charge in [0.05, 0.1) is 23.1 Å². The van der Waals surface area contributed by atoms with Gasteiger partial charge in [-0.25, -0.2) is 4.79 Å². The van der Waals surface area contributed by atoms with E-state index in [1.165, 1.54) is 13.2 Å². The number of rotatable bonds is 8. The minimum Gasteiger partial charge on any atom is -0.494 e. The molecule has 1 aliphatic heterocycles. The zero-order valence-corrected chi connectivity index (χ0v) is 28.3. The van der Waals surface area contributed by atoms with Crippen molar-refractivity contribution in [2.45, 2.75) is 65.2 Å². The van der Waals surface area contributed by atoms with Crippen molar-refractivity contribution in [1.82, 2.24) is 10.6 Å². The average Bonchev–Trinajstić information content (AvgIpc) is 3.00. The van der Waals surface area contributed by atoms with Crippen molar-refractivity contribution < 1.29 is 33.4 Å². The van der Waals surface area contributed by atoms with E-state index in [2.05, 4.69) is 10.6 Å². The van der Waals surface area contributed by atoms with Gasteiger partial charge in [-0.05, 0) is 41.7 Å². The van der Waals surface area contributed by atoms with Gasteiger partial charge in [0.25, 0.3) is 0 Å². The van der Waals surface area contributed by atoms with Crippen molar-refractivity contribution in [3.63, 3.8) is 0 Å². The third-order valence-electron chi connectivity index (χ3n) is 7.41. The van der Waals surface area contributed by atoms with Gasteiger partial charge in [-0.15, -0.1) is 0 Å². The SMILES string of the molecule is COc1c(Cl)cc(C[C@H]2NC(=O)C=CC[C@@H]([C@H](C)C=Cc3ccccc3)OC(=O)[C@H](CC(C)C)OC(=O)[C@H](C)CNC2=O)cc1Cl. The number of nitrogens with one attached hydrogen (secondary N) is 2. The zero-order chi connectivity index (χ0) is 33.8. The molecule has 1 aliphatic rings. The van der Waals surface area contributed by atoms with Crippen LogP contribution in [0.4, 0.5) is 0 Å². The van der Waals surface area contributed by atoms with Crippen LogP contribution in [0.1, 0.15) is 51.7 Å². The molecule has 0 fully saturated rings. The summed E-state index contributed by atoms with van der Waals surface area (Å²) in [7, 11) is 1.44. The molecule has 248 valence electrons. The van der Waals surface area contributed by atoms with Crippen LogP contribution in [0.25, 0.3) is 6.08 Å². The van der Waals surface area contributed by atoms with Gasteiger partial charge in [-0.3, -0.25) is 14.4 Å². The van der Waals surface area contributed by atoms with Gasteiger partial charge in [0.1, 0.15) is 12.1 Å². The molecule has 0 radical (unpaired) electrons. The van der Waals surface area contributed by atoms with Gasteiger partial charge >= 0.3 is 11.9 Å². The number of methoxy groups -OCH3 is 1. The third kappa shape index (κ3) is 11.2. The number of cyclic esters (lactones) is 2. The first kappa shape index (κ1) is 36.6. The predicted molar refractivity (Wildman–Crippen MR) is 178 cm³/mol. The van der Waals surface area contributed by atoms with E-state index < -0.39 is 47.9 Å². The van der Waals surface area contributed by atoms with E-state index in [4.69, 9.17) is 37.4 Å². The van der Waals surface area contributed by atoms with Crippen molar-refractivity contribution in [1.29, 1.82) is 0 Å². The van der Waals surface area contributed by atoms with E-state index in [0.717, 1.165) is 5.56 Å². The van der Waals surface area contributed by atoms with E-state index in [1.807, 2.05) is 63.3 Å². The summed E-state index contributed by atoms with van der Waals surface area (Å²) < 4.78 is 16.8. The lowest BCUT2D eigenvalue weighted by Gasteiger charge is -2.26. The summed E-state index contributed by atoms with van der Waals surface area (Å²) in [4.78, 5) is 52.8. The fourth-order valence-corrected chi connectivity index (χ4v) is 5.47. The minimum absolute atomic E-state index is 0.0316. The first-order valence-corrected chi connectivity index (χ1v) is 16.0. The summed E-state index contributed by atoms with van der Waals surface area (Å²) in [6.07, 6.45) is 5.48. The number of hydrogen-bond donors (Lipinski definition) is 2. The lowest BCUT2D eigenvalue weighted by Crippen LogP contribution is -2.49. The topological polar surface area (TPSA) is 120 Å². The molecule has 0 aromatic heterocycles. The van der Waals surface area contributed by atoms with E-state index in [-0.39, 0.29) is 47.7 Å². The van der Waals surface area contributed by atoms with Gasteiger partial charge in [0, 0.05) is 25.3 Å². The maximum absolute atomic E-state index is 13.4. The Morgan fingerprint density at radius 2 is 1.67 bits per heavy atom. The Hall–Kier alpha value is -3.82. The molecule has 2 aromatic carbocycles. The first-order chi connectivity index (χ1) is 21.9. The van der Waals surface area contributed by atoms with E-state index in [9.17, 15) is 19.2 Å². The molecular weight excluding hydrogens is 631 g/mol. The number of benzene rings is 2. The molecular formula is C35H42Cl2N2O7. The second kappa shape index (κ2) is 17.8. The highest BCUT2D eigenvalue weighted by Crippen LogP contribution is 2.34. The Morgan fingerprint density at radius 1 is 1.00 bits per heavy atom. The highest BCUT2D eigenvalue weighted by atomic mass is 35.5. The number of amides is 2. The van der Waals surface area contributed by atoms with Crippen molar-refractivity contribution in [3.05, 3.63) is 81.9 Å². The average molecular weight is 674 g/mol. The second-order valence-corrected chi connectivity index (χ2v) is 12.6. The third-order valence-corrected chi connectivity index (χ3v) is 7.97. The maximum atomic E-state index is 13.4. The molecule has 46 heavy (non-hydrogen) atoms. The fraction of sp³-hybridized carbons (Fsp3) is 0.429. The van der Waals surface area contributed by atoms with Crippen molar-refractivity contribution >= 4 is 53.0 Å². The molecule has 2 aromatic rings. The zero-order valence-electron chi connectivity index (χ0n) is 26.8. The molecule has 3 rings (SSSR count). The molecule has 0 bridgehead atoms. The molecule has 0 unspecified atom stereocenters. The normalized spacial score (nSPS) is 22.6. The standard InChI is InChI=1S/C35H42Cl2N2O7/c1-21(2)16-30-35(43)45-29(22(3)14-15-24-10-7-6-8-11-24)12-9-13-31(40)39-28(33(41)38-20-23(4)34(42)46-30)19-25-17-26(36)32(44-5)27(37)18-25/h6-11,13-15,17-18,21-23,28-30H,12,16,19-20H2,1-5H3,(H,38,41)(H,39,40)/t22-,23-,28-,29+,30+/m1/s1. The molecule has 5 atom stereocenters. The Labute approximate surface area is 280 Å². The highest BCUT2D eigenvalue weighted by molar-refractivity contribution is 6.37. The Kier molecular flexibility index (Phi) is 14.2. The van der Waals surface area contributed by atoms with Gasteiger partial charge in [0.2, 0.25) is 11.8 Å². The molecule has 1 heterocycles. The minimum atomic E-state index is -1.13. The van der Waals surface area contributed by atoms with Crippen molar-refractivity contribution in [3.8, 4) is 5.75 Å². The van der Waals surface area contributed by atoms with Crippen LogP contribution in [-0.4, -0.2) is 55.7 Å². The summed E-state index contributed by atoms with van der Waals surface area (Å²) in [5, 5.41) is 5.95. The number of hydrogen-bond acceptors (Lipinski definition) is 7. The van der Waals surface area contributed by atoms with Crippen LogP contribution >= 0.6 is 23.2 Å². The van der Waals surface area contributed by atoms with Crippen LogP contribution in [0.15, 0.2) is 60.7 Å². The number of esters is 2. The summed E-state index contributed by atoms with van der Waals surface area (Å²) in [6, 6.07) is 11.9. The number of carbonyl (C=O) groups excluding carboxylic acids is 4. The summed E-state index contributed by atoms with van der Waals surface area (Å²) in [5.41, 5.74) is 1.57. The van der Waals surface area contributed by atoms with Crippen LogP contribution in [-0.2, 0) is 35.1 Å². The fourth-order valence-electron chi connectivity index (χ4n) is 4.78. The van der Waals surface area contributed by atoms with Crippen LogP contribution in [0.2, 0.25) is 10.0 Å². The largest absolute Gasteiger partial charge is 0.494 e. The number of carbonyl (C=O) groups is 4. The lowest BCUT2D eigenvalue weighted by molar-refractivity contribution is -0.175. The second-order valence-electron chi connectivity index (χ2n) is 11.8. The smallest absolute Gasteiger partial charge is 0.347 e.